The van der Waals surface area contributed by atoms with E-state index in [4.69, 9.17) is 17.3 Å². The fourth-order valence-electron chi connectivity index (χ4n) is 2.26. The SMILES string of the molecule is CC(CNC(CN)c1cc(Br)ccc1Cl)C1CC1. The van der Waals surface area contributed by atoms with E-state index in [9.17, 15) is 0 Å². The molecule has 18 heavy (non-hydrogen) atoms. The van der Waals surface area contributed by atoms with E-state index in [1.54, 1.807) is 0 Å². The number of nitrogens with one attached hydrogen (secondary N) is 1. The smallest absolute Gasteiger partial charge is 0.0459 e. The lowest BCUT2D eigenvalue weighted by Gasteiger charge is -2.21. The third kappa shape index (κ3) is 3.70. The fraction of sp³-hybridized carbons (Fsp3) is 0.571. The van der Waals surface area contributed by atoms with Crippen LogP contribution in [0.25, 0.3) is 0 Å². The van der Waals surface area contributed by atoms with E-state index in [-0.39, 0.29) is 6.04 Å². The highest BCUT2D eigenvalue weighted by molar-refractivity contribution is 9.10. The van der Waals surface area contributed by atoms with Gasteiger partial charge in [-0.05, 0) is 55.0 Å². The van der Waals surface area contributed by atoms with Gasteiger partial charge in [-0.25, -0.2) is 0 Å². The average Bonchev–Trinajstić information content (AvgIpc) is 3.18. The van der Waals surface area contributed by atoms with E-state index in [1.807, 2.05) is 12.1 Å². The van der Waals surface area contributed by atoms with Crippen molar-refractivity contribution in [2.75, 3.05) is 13.1 Å². The zero-order valence-electron chi connectivity index (χ0n) is 10.6. The van der Waals surface area contributed by atoms with E-state index in [0.717, 1.165) is 33.4 Å². The molecular formula is C14H20BrClN2. The number of halogens is 2. The minimum Gasteiger partial charge on any atom is -0.329 e. The van der Waals surface area contributed by atoms with Crippen LogP contribution in [-0.4, -0.2) is 13.1 Å². The van der Waals surface area contributed by atoms with Crippen LogP contribution in [0.1, 0.15) is 31.4 Å². The first-order valence-corrected chi connectivity index (χ1v) is 7.67. The minimum atomic E-state index is 0.135. The van der Waals surface area contributed by atoms with Gasteiger partial charge in [-0.1, -0.05) is 34.5 Å². The Bertz CT molecular complexity index is 407. The summed E-state index contributed by atoms with van der Waals surface area (Å²) in [6, 6.07) is 6.05. The Morgan fingerprint density at radius 1 is 1.50 bits per heavy atom. The molecule has 4 heteroatoms. The molecule has 2 nitrogen and oxygen atoms in total. The summed E-state index contributed by atoms with van der Waals surface area (Å²) in [7, 11) is 0. The molecular weight excluding hydrogens is 312 g/mol. The third-order valence-electron chi connectivity index (χ3n) is 3.68. The van der Waals surface area contributed by atoms with Gasteiger partial charge >= 0.3 is 0 Å². The second-order valence-electron chi connectivity index (χ2n) is 5.18. The highest BCUT2D eigenvalue weighted by Crippen LogP contribution is 2.36. The Morgan fingerprint density at radius 2 is 2.22 bits per heavy atom. The van der Waals surface area contributed by atoms with E-state index < -0.39 is 0 Å². The summed E-state index contributed by atoms with van der Waals surface area (Å²) in [6.07, 6.45) is 2.77. The lowest BCUT2D eigenvalue weighted by molar-refractivity contribution is 0.423. The predicted molar refractivity (Wildman–Crippen MR) is 80.8 cm³/mol. The van der Waals surface area contributed by atoms with Crippen LogP contribution in [0, 0.1) is 11.8 Å². The van der Waals surface area contributed by atoms with Crippen LogP contribution in [0.15, 0.2) is 22.7 Å². The van der Waals surface area contributed by atoms with Crippen LogP contribution >= 0.6 is 27.5 Å². The number of hydrogen-bond donors (Lipinski definition) is 2. The van der Waals surface area contributed by atoms with Gasteiger partial charge in [0.2, 0.25) is 0 Å². The fourth-order valence-corrected chi connectivity index (χ4v) is 2.89. The largest absolute Gasteiger partial charge is 0.329 e. The number of hydrogen-bond acceptors (Lipinski definition) is 2. The number of nitrogens with two attached hydrogens (primary N) is 1. The minimum absolute atomic E-state index is 0.135. The first-order chi connectivity index (χ1) is 8.61. The van der Waals surface area contributed by atoms with E-state index >= 15 is 0 Å². The van der Waals surface area contributed by atoms with Crippen molar-refractivity contribution in [3.63, 3.8) is 0 Å². The molecule has 1 aliphatic carbocycles. The molecule has 1 fully saturated rings. The van der Waals surface area contributed by atoms with Gasteiger partial charge in [-0.2, -0.15) is 0 Å². The molecule has 0 spiro atoms. The van der Waals surface area contributed by atoms with Crippen LogP contribution in [0.2, 0.25) is 5.02 Å². The molecule has 0 amide bonds. The molecule has 0 saturated heterocycles. The predicted octanol–water partition coefficient (Wildman–Crippen LogP) is 3.74. The van der Waals surface area contributed by atoms with Crippen molar-refractivity contribution >= 4 is 27.5 Å². The molecule has 1 saturated carbocycles. The maximum atomic E-state index is 6.24. The van der Waals surface area contributed by atoms with Crippen LogP contribution < -0.4 is 11.1 Å². The molecule has 100 valence electrons. The standard InChI is InChI=1S/C14H20BrClN2/c1-9(10-2-3-10)8-18-14(7-17)12-6-11(15)4-5-13(12)16/h4-6,9-10,14,18H,2-3,7-8,17H2,1H3. The Kier molecular flexibility index (Phi) is 5.07. The molecule has 1 aliphatic rings. The van der Waals surface area contributed by atoms with Gasteiger partial charge in [0.1, 0.15) is 0 Å². The van der Waals surface area contributed by atoms with Crippen molar-refractivity contribution in [2.24, 2.45) is 17.6 Å². The summed E-state index contributed by atoms with van der Waals surface area (Å²) in [5.74, 6) is 1.64. The first kappa shape index (κ1) is 14.3. The summed E-state index contributed by atoms with van der Waals surface area (Å²) in [5, 5.41) is 4.32. The number of rotatable bonds is 6. The Hall–Kier alpha value is -0.0900. The van der Waals surface area contributed by atoms with E-state index in [2.05, 4.69) is 34.2 Å². The summed E-state index contributed by atoms with van der Waals surface area (Å²) in [4.78, 5) is 0. The monoisotopic (exact) mass is 330 g/mol. The molecule has 0 aromatic heterocycles. The molecule has 2 rings (SSSR count). The van der Waals surface area contributed by atoms with Crippen LogP contribution in [0.4, 0.5) is 0 Å². The van der Waals surface area contributed by atoms with Crippen LogP contribution in [0.5, 0.6) is 0 Å². The molecule has 0 aliphatic heterocycles. The normalized spacial score (nSPS) is 18.7. The maximum Gasteiger partial charge on any atom is 0.0459 e. The van der Waals surface area contributed by atoms with Gasteiger partial charge in [0.25, 0.3) is 0 Å². The van der Waals surface area contributed by atoms with Crippen molar-refractivity contribution in [2.45, 2.75) is 25.8 Å². The quantitative estimate of drug-likeness (QED) is 0.833. The second kappa shape index (κ2) is 6.38. The van der Waals surface area contributed by atoms with Gasteiger partial charge in [0.15, 0.2) is 0 Å². The molecule has 0 heterocycles. The maximum absolute atomic E-state index is 6.24. The van der Waals surface area contributed by atoms with E-state index in [1.165, 1.54) is 12.8 Å². The average molecular weight is 332 g/mol. The van der Waals surface area contributed by atoms with Gasteiger partial charge < -0.3 is 11.1 Å². The molecule has 0 bridgehead atoms. The molecule has 1 aromatic rings. The molecule has 0 radical (unpaired) electrons. The lowest BCUT2D eigenvalue weighted by atomic mass is 10.0. The molecule has 2 atom stereocenters. The van der Waals surface area contributed by atoms with Crippen molar-refractivity contribution in [3.05, 3.63) is 33.3 Å². The Morgan fingerprint density at radius 3 is 2.83 bits per heavy atom. The van der Waals surface area contributed by atoms with Gasteiger partial charge in [-0.15, -0.1) is 0 Å². The van der Waals surface area contributed by atoms with E-state index in [0.29, 0.717) is 6.54 Å². The summed E-state index contributed by atoms with van der Waals surface area (Å²) in [5.41, 5.74) is 6.95. The molecule has 2 unspecified atom stereocenters. The van der Waals surface area contributed by atoms with Gasteiger partial charge in [0.05, 0.1) is 0 Å². The first-order valence-electron chi connectivity index (χ1n) is 6.50. The number of benzene rings is 1. The van der Waals surface area contributed by atoms with Crippen molar-refractivity contribution in [3.8, 4) is 0 Å². The lowest BCUT2D eigenvalue weighted by Crippen LogP contribution is -2.32. The topological polar surface area (TPSA) is 38.0 Å². The van der Waals surface area contributed by atoms with Crippen molar-refractivity contribution in [1.29, 1.82) is 0 Å². The Labute approximate surface area is 122 Å². The highest BCUT2D eigenvalue weighted by Gasteiger charge is 2.28. The van der Waals surface area contributed by atoms with Gasteiger partial charge in [-0.3, -0.25) is 0 Å². The molecule has 3 N–H and O–H groups in total. The van der Waals surface area contributed by atoms with Crippen LogP contribution in [-0.2, 0) is 0 Å². The highest BCUT2D eigenvalue weighted by atomic mass is 79.9. The zero-order valence-corrected chi connectivity index (χ0v) is 13.0. The van der Waals surface area contributed by atoms with Crippen molar-refractivity contribution < 1.29 is 0 Å². The second-order valence-corrected chi connectivity index (χ2v) is 6.50. The van der Waals surface area contributed by atoms with Crippen molar-refractivity contribution in [1.82, 2.24) is 5.32 Å². The molecule has 1 aromatic carbocycles. The summed E-state index contributed by atoms with van der Waals surface area (Å²) < 4.78 is 1.04. The third-order valence-corrected chi connectivity index (χ3v) is 4.52. The Balaban J connectivity index is 2.00. The van der Waals surface area contributed by atoms with Crippen LogP contribution in [0.3, 0.4) is 0 Å². The summed E-state index contributed by atoms with van der Waals surface area (Å²) in [6.45, 7) is 3.88. The summed E-state index contributed by atoms with van der Waals surface area (Å²) >= 11 is 9.72. The zero-order chi connectivity index (χ0) is 13.1. The van der Waals surface area contributed by atoms with Gasteiger partial charge in [0, 0.05) is 22.1 Å².